The van der Waals surface area contributed by atoms with Gasteiger partial charge in [-0.25, -0.2) is 15.0 Å². The number of halogens is 6. The highest BCUT2D eigenvalue weighted by molar-refractivity contribution is 7.98. The minimum Gasteiger partial charge on any atom is -0.209 e. The molecule has 1 heterocycles. The topological polar surface area (TPSA) is 38.7 Å². The summed E-state index contributed by atoms with van der Waals surface area (Å²) in [5.74, 6) is 0.0187. The molecule has 0 radical (unpaired) electrons. The van der Waals surface area contributed by atoms with E-state index < -0.39 is 7.59 Å². The van der Waals surface area contributed by atoms with Crippen molar-refractivity contribution in [1.82, 2.24) is 15.0 Å². The summed E-state index contributed by atoms with van der Waals surface area (Å²) in [4.78, 5) is 13.7. The maximum Gasteiger partial charge on any atom is 0.250 e. The third kappa shape index (κ3) is 4.27. The molecule has 0 spiro atoms. The van der Waals surface area contributed by atoms with Gasteiger partial charge >= 0.3 is 0 Å². The predicted molar refractivity (Wildman–Crippen MR) is 113 cm³/mol. The molecule has 0 amide bonds. The van der Waals surface area contributed by atoms with E-state index in [1.54, 1.807) is 11.8 Å². The summed E-state index contributed by atoms with van der Waals surface area (Å²) in [6, 6.07) is 11.7. The van der Waals surface area contributed by atoms with Crippen LogP contribution in [0.15, 0.2) is 41.3 Å². The van der Waals surface area contributed by atoms with Gasteiger partial charge in [-0.05, 0) is 29.2 Å². The van der Waals surface area contributed by atoms with E-state index in [2.05, 4.69) is 15.0 Å². The first-order chi connectivity index (χ1) is 12.1. The molecule has 0 saturated carbocycles. The summed E-state index contributed by atoms with van der Waals surface area (Å²) in [5.41, 5.74) is 0.715. The van der Waals surface area contributed by atoms with Crippen LogP contribution in [0.4, 0.5) is 0 Å². The molecule has 0 aliphatic carbocycles. The quantitative estimate of drug-likeness (QED) is 0.286. The average Bonchev–Trinajstić information content (AvgIpc) is 2.59. The number of rotatable bonds is 2. The predicted octanol–water partition coefficient (Wildman–Crippen LogP) is 7.07. The number of nitrogens with zero attached hydrogens (tertiary/aromatic N) is 3. The first-order valence-corrected chi connectivity index (χ1v) is 10.6. The van der Waals surface area contributed by atoms with Gasteiger partial charge in [0.2, 0.25) is 7.59 Å². The van der Waals surface area contributed by atoms with Crippen molar-refractivity contribution in [3.05, 3.63) is 48.0 Å². The minimum absolute atomic E-state index is 0.119. The van der Waals surface area contributed by atoms with Gasteiger partial charge in [-0.1, -0.05) is 93.9 Å². The normalized spacial score (nSPS) is 12.6. The molecule has 0 fully saturated rings. The molecule has 1 aromatic heterocycles. The van der Waals surface area contributed by atoms with Crippen LogP contribution in [-0.2, 0) is 7.59 Å². The smallest absolute Gasteiger partial charge is 0.209 e. The van der Waals surface area contributed by atoms with Crippen molar-refractivity contribution in [2.75, 3.05) is 6.26 Å². The summed E-state index contributed by atoms with van der Waals surface area (Å²) in [5, 5.41) is 1.97. The molecule has 3 aromatic rings. The molecule has 2 aromatic carbocycles. The molecule has 136 valence electrons. The molecule has 26 heavy (non-hydrogen) atoms. The van der Waals surface area contributed by atoms with E-state index in [0.717, 1.165) is 15.7 Å². The van der Waals surface area contributed by atoms with Gasteiger partial charge in [0.05, 0.1) is 0 Å². The van der Waals surface area contributed by atoms with Crippen LogP contribution < -0.4 is 0 Å². The van der Waals surface area contributed by atoms with E-state index in [0.29, 0.717) is 5.56 Å². The number of hydrogen-bond donors (Lipinski definition) is 0. The summed E-state index contributed by atoms with van der Waals surface area (Å²) in [6.45, 7) is 0. The van der Waals surface area contributed by atoms with Crippen molar-refractivity contribution in [1.29, 1.82) is 0 Å². The summed E-state index contributed by atoms with van der Waals surface area (Å²) in [6.07, 6.45) is 2.01. The molecule has 0 saturated heterocycles. The fourth-order valence-electron chi connectivity index (χ4n) is 2.39. The zero-order chi connectivity index (χ0) is 19.1. The number of aromatic nitrogens is 3. The van der Waals surface area contributed by atoms with Crippen molar-refractivity contribution < 1.29 is 0 Å². The number of alkyl halides is 6. The van der Waals surface area contributed by atoms with Crippen LogP contribution in [0.3, 0.4) is 0 Å². The Morgan fingerprint density at radius 3 is 1.77 bits per heavy atom. The maximum atomic E-state index is 5.95. The molecule has 0 aliphatic heterocycles. The highest BCUT2D eigenvalue weighted by Crippen LogP contribution is 2.41. The Kier molecular flexibility index (Phi) is 6.06. The summed E-state index contributed by atoms with van der Waals surface area (Å²) >= 11 is 37.3. The van der Waals surface area contributed by atoms with Crippen molar-refractivity contribution in [3.8, 4) is 11.4 Å². The average molecular weight is 488 g/mol. The molecular formula is C16H9Cl6N3S. The van der Waals surface area contributed by atoms with E-state index in [1.807, 2.05) is 42.7 Å². The number of benzene rings is 2. The van der Waals surface area contributed by atoms with Crippen LogP contribution >= 0.6 is 81.4 Å². The van der Waals surface area contributed by atoms with E-state index >= 15 is 0 Å². The van der Waals surface area contributed by atoms with E-state index in [1.165, 1.54) is 0 Å². The van der Waals surface area contributed by atoms with Crippen molar-refractivity contribution in [2.45, 2.75) is 12.5 Å². The lowest BCUT2D eigenvalue weighted by molar-refractivity contribution is 0.852. The van der Waals surface area contributed by atoms with Gasteiger partial charge < -0.3 is 0 Å². The van der Waals surface area contributed by atoms with E-state index in [4.69, 9.17) is 69.6 Å². The Balaban J connectivity index is 2.32. The molecule has 0 bridgehead atoms. The van der Waals surface area contributed by atoms with Gasteiger partial charge in [0, 0.05) is 10.5 Å². The lowest BCUT2D eigenvalue weighted by Crippen LogP contribution is -2.16. The van der Waals surface area contributed by atoms with E-state index in [-0.39, 0.29) is 17.5 Å². The molecule has 0 aliphatic rings. The van der Waals surface area contributed by atoms with Crippen LogP contribution in [-0.4, -0.2) is 21.2 Å². The van der Waals surface area contributed by atoms with Gasteiger partial charge in [-0.15, -0.1) is 11.8 Å². The Morgan fingerprint density at radius 2 is 1.27 bits per heavy atom. The van der Waals surface area contributed by atoms with Crippen LogP contribution in [0.5, 0.6) is 0 Å². The van der Waals surface area contributed by atoms with E-state index in [9.17, 15) is 0 Å². The Bertz CT molecular complexity index is 936. The van der Waals surface area contributed by atoms with Gasteiger partial charge in [0.25, 0.3) is 0 Å². The highest BCUT2D eigenvalue weighted by atomic mass is 35.6. The minimum atomic E-state index is -1.89. The Hall–Kier alpha value is -0.200. The zero-order valence-electron chi connectivity index (χ0n) is 13.0. The first kappa shape index (κ1) is 20.5. The summed E-state index contributed by atoms with van der Waals surface area (Å²) in [7, 11) is 0. The largest absolute Gasteiger partial charge is 0.250 e. The van der Waals surface area contributed by atoms with Crippen LogP contribution in [0.1, 0.15) is 11.6 Å². The molecule has 0 unspecified atom stereocenters. The highest BCUT2D eigenvalue weighted by Gasteiger charge is 2.34. The second-order valence-corrected chi connectivity index (χ2v) is 10.6. The van der Waals surface area contributed by atoms with Gasteiger partial charge in [0.1, 0.15) is 0 Å². The van der Waals surface area contributed by atoms with Crippen molar-refractivity contribution in [3.63, 3.8) is 0 Å². The van der Waals surface area contributed by atoms with Gasteiger partial charge in [0.15, 0.2) is 17.5 Å². The first-order valence-electron chi connectivity index (χ1n) is 7.08. The van der Waals surface area contributed by atoms with Crippen molar-refractivity contribution in [2.24, 2.45) is 0 Å². The number of thioether (sulfide) groups is 1. The monoisotopic (exact) mass is 485 g/mol. The second kappa shape index (κ2) is 7.67. The number of hydrogen-bond acceptors (Lipinski definition) is 4. The molecule has 0 atom stereocenters. The molecule has 3 rings (SSSR count). The Labute approximate surface area is 184 Å². The van der Waals surface area contributed by atoms with Gasteiger partial charge in [-0.2, -0.15) is 0 Å². The lowest BCUT2D eigenvalue weighted by atomic mass is 10.0. The molecule has 3 nitrogen and oxygen atoms in total. The molecule has 10 heteroatoms. The fourth-order valence-corrected chi connectivity index (χ4v) is 3.50. The maximum absolute atomic E-state index is 5.95. The Morgan fingerprint density at radius 1 is 0.731 bits per heavy atom. The second-order valence-electron chi connectivity index (χ2n) is 5.16. The van der Waals surface area contributed by atoms with Crippen molar-refractivity contribution >= 4 is 92.1 Å². The van der Waals surface area contributed by atoms with Crippen LogP contribution in [0.2, 0.25) is 0 Å². The molecule has 0 N–H and O–H groups in total. The number of fused-ring (bicyclic) bond motifs is 1. The third-order valence-corrected chi connectivity index (χ3v) is 5.30. The fraction of sp³-hybridized carbons (Fsp3) is 0.188. The van der Waals surface area contributed by atoms with Gasteiger partial charge in [-0.3, -0.25) is 0 Å². The lowest BCUT2D eigenvalue weighted by Gasteiger charge is -2.16. The standard InChI is InChI=1S/C16H9Cl6N3S/c1-26-11-7-6-10(8-4-2-3-5-9(8)11)12-23-13(15(17,18)19)25-14(24-12)16(20,21)22/h2-7H,1H3. The third-order valence-electron chi connectivity index (χ3n) is 3.49. The summed E-state index contributed by atoms with van der Waals surface area (Å²) < 4.78 is -3.78. The molecular weight excluding hydrogens is 479 g/mol. The zero-order valence-corrected chi connectivity index (χ0v) is 18.3. The van der Waals surface area contributed by atoms with Crippen LogP contribution in [0, 0.1) is 0 Å². The SMILES string of the molecule is CSc1ccc(-c2nc(C(Cl)(Cl)Cl)nc(C(Cl)(Cl)Cl)n2)c2ccccc12. The van der Waals surface area contributed by atoms with Crippen LogP contribution in [0.25, 0.3) is 22.2 Å².